The van der Waals surface area contributed by atoms with Gasteiger partial charge in [-0.15, -0.1) is 0 Å². The summed E-state index contributed by atoms with van der Waals surface area (Å²) in [6.07, 6.45) is 1.92. The molecule has 1 aliphatic carbocycles. The van der Waals surface area contributed by atoms with Crippen LogP contribution in [0.4, 0.5) is 0 Å². The van der Waals surface area contributed by atoms with Gasteiger partial charge in [0.05, 0.1) is 29.0 Å². The zero-order chi connectivity index (χ0) is 27.2. The molecule has 0 amide bonds. The molecule has 6 aromatic carbocycles. The van der Waals surface area contributed by atoms with Gasteiger partial charge >= 0.3 is 0 Å². The van der Waals surface area contributed by atoms with E-state index in [9.17, 15) is 15.8 Å². The minimum absolute atomic E-state index is 0.482. The van der Waals surface area contributed by atoms with Crippen LogP contribution in [-0.2, 0) is 0 Å². The first-order chi connectivity index (χ1) is 19.7. The van der Waals surface area contributed by atoms with Gasteiger partial charge in [0.2, 0.25) is 6.19 Å². The van der Waals surface area contributed by atoms with E-state index in [-0.39, 0.29) is 0 Å². The van der Waals surface area contributed by atoms with Gasteiger partial charge in [-0.2, -0.15) is 20.8 Å². The Kier molecular flexibility index (Phi) is 5.24. The molecule has 0 bridgehead atoms. The van der Waals surface area contributed by atoms with Gasteiger partial charge in [0.1, 0.15) is 0 Å². The molecule has 0 heterocycles. The van der Waals surface area contributed by atoms with Crippen LogP contribution in [0.15, 0.2) is 114 Å². The third-order valence-electron chi connectivity index (χ3n) is 7.64. The van der Waals surface area contributed by atoms with Crippen molar-refractivity contribution in [3.8, 4) is 51.7 Å². The molecule has 0 saturated carbocycles. The summed E-state index contributed by atoms with van der Waals surface area (Å²) in [7, 11) is 0. The van der Waals surface area contributed by atoms with Crippen molar-refractivity contribution < 1.29 is 0 Å². The second-order valence-corrected chi connectivity index (χ2v) is 9.79. The van der Waals surface area contributed by atoms with Crippen molar-refractivity contribution in [2.45, 2.75) is 0 Å². The van der Waals surface area contributed by atoms with Crippen molar-refractivity contribution in [3.63, 3.8) is 0 Å². The molecular formula is C36H18N4. The van der Waals surface area contributed by atoms with Gasteiger partial charge in [0.25, 0.3) is 0 Å². The summed E-state index contributed by atoms with van der Waals surface area (Å²) in [6.45, 7) is 0. The van der Waals surface area contributed by atoms with Gasteiger partial charge < -0.3 is 0 Å². The molecule has 0 saturated heterocycles. The van der Waals surface area contributed by atoms with Crippen molar-refractivity contribution in [3.05, 3.63) is 131 Å². The topological polar surface area (TPSA) is 83.7 Å². The highest BCUT2D eigenvalue weighted by Gasteiger charge is 2.29. The van der Waals surface area contributed by atoms with Crippen LogP contribution in [0, 0.1) is 34.1 Å². The SMILES string of the molecule is N#CN=C1c2cc(C#N)c(-c3ccc4ccccc4c3)cc2-c2cc(-c3ccc4ccccc4c3)c(C#N)cc21. The molecule has 0 unspecified atom stereocenters. The Morgan fingerprint density at radius 1 is 0.425 bits per heavy atom. The number of fused-ring (bicyclic) bond motifs is 5. The molecule has 0 aliphatic heterocycles. The van der Waals surface area contributed by atoms with Gasteiger partial charge in [0, 0.05) is 22.3 Å². The molecule has 6 aromatic rings. The summed E-state index contributed by atoms with van der Waals surface area (Å²) in [5.74, 6) is 0. The number of benzene rings is 6. The maximum atomic E-state index is 10.1. The van der Waals surface area contributed by atoms with Crippen LogP contribution in [0.5, 0.6) is 0 Å². The Hall–Kier alpha value is -6.02. The molecule has 4 nitrogen and oxygen atoms in total. The lowest BCUT2D eigenvalue weighted by Gasteiger charge is -2.11. The van der Waals surface area contributed by atoms with Gasteiger partial charge in [0.15, 0.2) is 0 Å². The Bertz CT molecular complexity index is 2050. The predicted octanol–water partition coefficient (Wildman–Crippen LogP) is 8.37. The molecule has 7 rings (SSSR count). The molecule has 4 heteroatoms. The van der Waals surface area contributed by atoms with E-state index in [1.807, 2.05) is 66.9 Å². The quantitative estimate of drug-likeness (QED) is 0.221. The van der Waals surface area contributed by atoms with Crippen LogP contribution in [-0.4, -0.2) is 5.71 Å². The van der Waals surface area contributed by atoms with Crippen molar-refractivity contribution in [2.75, 3.05) is 0 Å². The highest BCUT2D eigenvalue weighted by atomic mass is 14.7. The van der Waals surface area contributed by atoms with Crippen LogP contribution >= 0.6 is 0 Å². The Balaban J connectivity index is 1.48. The molecule has 0 fully saturated rings. The first kappa shape index (κ1) is 23.1. The summed E-state index contributed by atoms with van der Waals surface area (Å²) in [6, 6.07) is 41.0. The fourth-order valence-electron chi connectivity index (χ4n) is 5.73. The number of rotatable bonds is 2. The zero-order valence-corrected chi connectivity index (χ0v) is 21.2. The summed E-state index contributed by atoms with van der Waals surface area (Å²) >= 11 is 0. The minimum Gasteiger partial charge on any atom is -0.192 e. The minimum atomic E-state index is 0.482. The largest absolute Gasteiger partial charge is 0.206 e. The van der Waals surface area contributed by atoms with Gasteiger partial charge in [-0.05, 0) is 80.2 Å². The monoisotopic (exact) mass is 506 g/mol. The van der Waals surface area contributed by atoms with Crippen molar-refractivity contribution >= 4 is 27.3 Å². The second-order valence-electron chi connectivity index (χ2n) is 9.79. The van der Waals surface area contributed by atoms with Crippen molar-refractivity contribution in [1.82, 2.24) is 0 Å². The summed E-state index contributed by atoms with van der Waals surface area (Å²) in [5, 5.41) is 34.2. The molecular weight excluding hydrogens is 488 g/mol. The average molecular weight is 507 g/mol. The molecule has 0 atom stereocenters. The first-order valence-corrected chi connectivity index (χ1v) is 12.8. The van der Waals surface area contributed by atoms with E-state index in [1.54, 1.807) is 0 Å². The van der Waals surface area contributed by atoms with E-state index in [2.05, 4.69) is 65.7 Å². The summed E-state index contributed by atoms with van der Waals surface area (Å²) in [4.78, 5) is 4.15. The van der Waals surface area contributed by atoms with Crippen LogP contribution in [0.2, 0.25) is 0 Å². The fourth-order valence-corrected chi connectivity index (χ4v) is 5.73. The van der Waals surface area contributed by atoms with Crippen molar-refractivity contribution in [2.24, 2.45) is 4.99 Å². The van der Waals surface area contributed by atoms with Gasteiger partial charge in [-0.1, -0.05) is 72.8 Å². The van der Waals surface area contributed by atoms with Gasteiger partial charge in [-0.3, -0.25) is 0 Å². The number of hydrogen-bond donors (Lipinski definition) is 0. The number of nitriles is 3. The first-order valence-electron chi connectivity index (χ1n) is 12.8. The van der Waals surface area contributed by atoms with Crippen molar-refractivity contribution in [1.29, 1.82) is 15.8 Å². The third kappa shape index (κ3) is 3.55. The Morgan fingerprint density at radius 2 is 0.875 bits per heavy atom. The van der Waals surface area contributed by atoms with Crippen LogP contribution in [0.1, 0.15) is 22.3 Å². The Morgan fingerprint density at radius 3 is 1.30 bits per heavy atom. The van der Waals surface area contributed by atoms with Crippen LogP contribution < -0.4 is 0 Å². The van der Waals surface area contributed by atoms with E-state index in [4.69, 9.17) is 0 Å². The van der Waals surface area contributed by atoms with E-state index in [0.717, 1.165) is 66.1 Å². The fraction of sp³-hybridized carbons (Fsp3) is 0. The second kappa shape index (κ2) is 9.07. The van der Waals surface area contributed by atoms with Crippen LogP contribution in [0.3, 0.4) is 0 Å². The Labute approximate surface area is 230 Å². The highest BCUT2D eigenvalue weighted by molar-refractivity contribution is 6.26. The number of nitrogens with zero attached hydrogens (tertiary/aromatic N) is 4. The maximum Gasteiger partial charge on any atom is 0.206 e. The van der Waals surface area contributed by atoms with Crippen LogP contribution in [0.25, 0.3) is 54.9 Å². The zero-order valence-electron chi connectivity index (χ0n) is 21.2. The highest BCUT2D eigenvalue weighted by Crippen LogP contribution is 2.44. The molecule has 0 radical (unpaired) electrons. The summed E-state index contributed by atoms with van der Waals surface area (Å²) < 4.78 is 0. The molecule has 0 aromatic heterocycles. The molecule has 0 N–H and O–H groups in total. The molecule has 1 aliphatic rings. The van der Waals surface area contributed by atoms with E-state index < -0.39 is 0 Å². The van der Waals surface area contributed by atoms with Gasteiger partial charge in [-0.25, -0.2) is 0 Å². The standard InChI is InChI=1S/C36H18N4/c37-19-28-15-34-32(17-30(28)26-11-9-22-5-1-3-7-24(22)13-26)33-18-31(29(20-38)16-35(33)36(34)40-21-39)27-12-10-23-6-2-4-8-25(23)14-27/h1-18H. The number of aliphatic imine (C=N–C) groups is 1. The molecule has 40 heavy (non-hydrogen) atoms. The lowest BCUT2D eigenvalue weighted by atomic mass is 9.91. The predicted molar refractivity (Wildman–Crippen MR) is 158 cm³/mol. The smallest absolute Gasteiger partial charge is 0.192 e. The van der Waals surface area contributed by atoms with E-state index in [1.165, 1.54) is 0 Å². The normalized spacial score (nSPS) is 11.4. The molecule has 0 spiro atoms. The lowest BCUT2D eigenvalue weighted by Crippen LogP contribution is -2.00. The lowest BCUT2D eigenvalue weighted by molar-refractivity contribution is 1.43. The maximum absolute atomic E-state index is 10.1. The van der Waals surface area contributed by atoms with E-state index >= 15 is 0 Å². The molecule has 182 valence electrons. The third-order valence-corrected chi connectivity index (χ3v) is 7.64. The van der Waals surface area contributed by atoms with E-state index in [0.29, 0.717) is 16.8 Å². The number of hydrogen-bond acceptors (Lipinski definition) is 4. The average Bonchev–Trinajstić information content (AvgIpc) is 3.30. The summed E-state index contributed by atoms with van der Waals surface area (Å²) in [5.41, 5.74) is 8.20.